The third-order valence-electron chi connectivity index (χ3n) is 5.56. The molecule has 1 saturated heterocycles. The van der Waals surface area contributed by atoms with Crippen molar-refractivity contribution >= 4 is 34.5 Å². The number of benzene rings is 2. The number of hydrogen-bond donors (Lipinski definition) is 1. The zero-order valence-corrected chi connectivity index (χ0v) is 18.5. The zero-order valence-electron chi connectivity index (χ0n) is 17.7. The van der Waals surface area contributed by atoms with Gasteiger partial charge in [-0.25, -0.2) is 0 Å². The van der Waals surface area contributed by atoms with Crippen molar-refractivity contribution in [2.75, 3.05) is 30.4 Å². The molecule has 31 heavy (non-hydrogen) atoms. The number of hydrogen-bond acceptors (Lipinski definition) is 4. The number of amides is 2. The standard InChI is InChI=1S/C25H27N3O2S/c1-27(18-19-7-13-22(14-8-19)28-15-3-2-4-16-28)25(30)20-9-11-21(12-10-20)26-24(29)23-6-5-17-31-23/h5-14,17H,2-4,15-16,18H2,1H3,(H,26,29). The maximum atomic E-state index is 12.8. The highest BCUT2D eigenvalue weighted by Crippen LogP contribution is 2.21. The summed E-state index contributed by atoms with van der Waals surface area (Å²) in [6.45, 7) is 2.80. The van der Waals surface area contributed by atoms with Crippen LogP contribution in [-0.4, -0.2) is 36.9 Å². The van der Waals surface area contributed by atoms with Crippen LogP contribution in [0.4, 0.5) is 11.4 Å². The van der Waals surface area contributed by atoms with Crippen LogP contribution < -0.4 is 10.2 Å². The van der Waals surface area contributed by atoms with Gasteiger partial charge in [-0.1, -0.05) is 18.2 Å². The van der Waals surface area contributed by atoms with Gasteiger partial charge in [0, 0.05) is 43.6 Å². The first-order valence-electron chi connectivity index (χ1n) is 10.6. The fourth-order valence-corrected chi connectivity index (χ4v) is 4.45. The van der Waals surface area contributed by atoms with E-state index in [1.54, 1.807) is 35.2 Å². The smallest absolute Gasteiger partial charge is 0.265 e. The summed E-state index contributed by atoms with van der Waals surface area (Å²) in [5.41, 5.74) is 3.64. The van der Waals surface area contributed by atoms with Gasteiger partial charge < -0.3 is 15.1 Å². The van der Waals surface area contributed by atoms with Gasteiger partial charge in [0.1, 0.15) is 0 Å². The molecule has 0 bridgehead atoms. The Balaban J connectivity index is 1.33. The van der Waals surface area contributed by atoms with Crippen molar-refractivity contribution in [2.24, 2.45) is 0 Å². The molecule has 0 aliphatic carbocycles. The van der Waals surface area contributed by atoms with Gasteiger partial charge in [0.05, 0.1) is 4.88 Å². The van der Waals surface area contributed by atoms with Gasteiger partial charge in [-0.05, 0) is 72.7 Å². The van der Waals surface area contributed by atoms with Crippen LogP contribution in [0.25, 0.3) is 0 Å². The van der Waals surface area contributed by atoms with Gasteiger partial charge in [0.25, 0.3) is 11.8 Å². The van der Waals surface area contributed by atoms with Gasteiger partial charge in [0.2, 0.25) is 0 Å². The monoisotopic (exact) mass is 433 g/mol. The van der Waals surface area contributed by atoms with Crippen LogP contribution >= 0.6 is 11.3 Å². The Hall–Kier alpha value is -3.12. The highest BCUT2D eigenvalue weighted by Gasteiger charge is 2.14. The number of carbonyl (C=O) groups is 2. The third-order valence-corrected chi connectivity index (χ3v) is 6.43. The Bertz CT molecular complexity index is 1010. The molecule has 0 spiro atoms. The first kappa shape index (κ1) is 21.1. The summed E-state index contributed by atoms with van der Waals surface area (Å²) in [7, 11) is 1.81. The molecule has 2 amide bonds. The van der Waals surface area contributed by atoms with Crippen LogP contribution in [0.2, 0.25) is 0 Å². The molecule has 1 aromatic heterocycles. The molecule has 160 valence electrons. The van der Waals surface area contributed by atoms with E-state index in [1.165, 1.54) is 36.3 Å². The fourth-order valence-electron chi connectivity index (χ4n) is 3.83. The Morgan fingerprint density at radius 2 is 1.68 bits per heavy atom. The molecule has 3 aromatic rings. The van der Waals surface area contributed by atoms with E-state index in [0.29, 0.717) is 22.7 Å². The maximum absolute atomic E-state index is 12.8. The van der Waals surface area contributed by atoms with E-state index in [9.17, 15) is 9.59 Å². The number of carbonyl (C=O) groups excluding carboxylic acids is 2. The summed E-state index contributed by atoms with van der Waals surface area (Å²) < 4.78 is 0. The lowest BCUT2D eigenvalue weighted by Gasteiger charge is -2.29. The lowest BCUT2D eigenvalue weighted by Crippen LogP contribution is -2.29. The topological polar surface area (TPSA) is 52.6 Å². The van der Waals surface area contributed by atoms with Gasteiger partial charge in [-0.3, -0.25) is 9.59 Å². The molecule has 0 unspecified atom stereocenters. The van der Waals surface area contributed by atoms with E-state index in [0.717, 1.165) is 18.7 Å². The van der Waals surface area contributed by atoms with Crippen LogP contribution in [-0.2, 0) is 6.54 Å². The number of thiophene rings is 1. The first-order valence-corrected chi connectivity index (χ1v) is 11.5. The lowest BCUT2D eigenvalue weighted by molar-refractivity contribution is 0.0785. The van der Waals surface area contributed by atoms with E-state index < -0.39 is 0 Å². The summed E-state index contributed by atoms with van der Waals surface area (Å²) in [6, 6.07) is 19.2. The Kier molecular flexibility index (Phi) is 6.67. The van der Waals surface area contributed by atoms with E-state index in [1.807, 2.05) is 18.5 Å². The second-order valence-corrected chi connectivity index (χ2v) is 8.83. The molecule has 6 heteroatoms. The molecule has 1 aliphatic heterocycles. The molecule has 1 aliphatic rings. The minimum absolute atomic E-state index is 0.0451. The third kappa shape index (κ3) is 5.33. The minimum atomic E-state index is -0.140. The second-order valence-electron chi connectivity index (χ2n) is 7.88. The molecular weight excluding hydrogens is 406 g/mol. The Morgan fingerprint density at radius 3 is 2.32 bits per heavy atom. The number of nitrogens with one attached hydrogen (secondary N) is 1. The van der Waals surface area contributed by atoms with E-state index >= 15 is 0 Å². The molecule has 0 atom stereocenters. The minimum Gasteiger partial charge on any atom is -0.372 e. The Morgan fingerprint density at radius 1 is 0.968 bits per heavy atom. The van der Waals surface area contributed by atoms with Crippen molar-refractivity contribution in [3.05, 3.63) is 82.0 Å². The molecule has 1 N–H and O–H groups in total. The van der Waals surface area contributed by atoms with Crippen molar-refractivity contribution in [3.63, 3.8) is 0 Å². The summed E-state index contributed by atoms with van der Waals surface area (Å²) in [5.74, 6) is -0.185. The number of rotatable bonds is 6. The quantitative estimate of drug-likeness (QED) is 0.577. The van der Waals surface area contributed by atoms with Crippen molar-refractivity contribution < 1.29 is 9.59 Å². The predicted molar refractivity (Wildman–Crippen MR) is 127 cm³/mol. The average molecular weight is 434 g/mol. The summed E-state index contributed by atoms with van der Waals surface area (Å²) in [5, 5.41) is 4.72. The lowest BCUT2D eigenvalue weighted by atomic mass is 10.1. The predicted octanol–water partition coefficient (Wildman–Crippen LogP) is 5.26. The van der Waals surface area contributed by atoms with Crippen LogP contribution in [0.5, 0.6) is 0 Å². The summed E-state index contributed by atoms with van der Waals surface area (Å²) in [4.78, 5) is 29.8. The molecule has 5 nitrogen and oxygen atoms in total. The molecule has 2 heterocycles. The van der Waals surface area contributed by atoms with E-state index in [-0.39, 0.29) is 11.8 Å². The number of piperidine rings is 1. The summed E-state index contributed by atoms with van der Waals surface area (Å²) in [6.07, 6.45) is 3.84. The van der Waals surface area contributed by atoms with Crippen LogP contribution in [0.3, 0.4) is 0 Å². The fraction of sp³-hybridized carbons (Fsp3) is 0.280. The zero-order chi connectivity index (χ0) is 21.6. The second kappa shape index (κ2) is 9.79. The van der Waals surface area contributed by atoms with E-state index in [4.69, 9.17) is 0 Å². The molecule has 0 radical (unpaired) electrons. The maximum Gasteiger partial charge on any atom is 0.265 e. The number of anilines is 2. The van der Waals surface area contributed by atoms with Crippen molar-refractivity contribution in [1.29, 1.82) is 0 Å². The van der Waals surface area contributed by atoms with Gasteiger partial charge >= 0.3 is 0 Å². The number of nitrogens with zero attached hydrogens (tertiary/aromatic N) is 2. The highest BCUT2D eigenvalue weighted by atomic mass is 32.1. The van der Waals surface area contributed by atoms with E-state index in [2.05, 4.69) is 34.5 Å². The van der Waals surface area contributed by atoms with Crippen molar-refractivity contribution in [2.45, 2.75) is 25.8 Å². The first-order chi connectivity index (χ1) is 15.1. The molecule has 0 saturated carbocycles. The van der Waals surface area contributed by atoms with Gasteiger partial charge in [-0.2, -0.15) is 0 Å². The van der Waals surface area contributed by atoms with Gasteiger partial charge in [-0.15, -0.1) is 11.3 Å². The molecule has 4 rings (SSSR count). The van der Waals surface area contributed by atoms with Crippen molar-refractivity contribution in [3.8, 4) is 0 Å². The van der Waals surface area contributed by atoms with Gasteiger partial charge in [0.15, 0.2) is 0 Å². The summed E-state index contributed by atoms with van der Waals surface area (Å²) >= 11 is 1.40. The van der Waals surface area contributed by atoms with Crippen LogP contribution in [0, 0.1) is 0 Å². The molecular formula is C25H27N3O2S. The normalized spacial score (nSPS) is 13.6. The largest absolute Gasteiger partial charge is 0.372 e. The highest BCUT2D eigenvalue weighted by molar-refractivity contribution is 7.12. The average Bonchev–Trinajstić information content (AvgIpc) is 3.35. The Labute approximate surface area is 187 Å². The molecule has 1 fully saturated rings. The van der Waals surface area contributed by atoms with Crippen LogP contribution in [0.15, 0.2) is 66.0 Å². The molecule has 2 aromatic carbocycles. The van der Waals surface area contributed by atoms with Crippen molar-refractivity contribution in [1.82, 2.24) is 4.90 Å². The SMILES string of the molecule is CN(Cc1ccc(N2CCCCC2)cc1)C(=O)c1ccc(NC(=O)c2cccs2)cc1. The van der Waals surface area contributed by atoms with Crippen LogP contribution in [0.1, 0.15) is 44.9 Å².